The van der Waals surface area contributed by atoms with E-state index < -0.39 is 0 Å². The van der Waals surface area contributed by atoms with Crippen molar-refractivity contribution in [2.75, 3.05) is 11.1 Å². The van der Waals surface area contributed by atoms with Crippen molar-refractivity contribution in [1.29, 1.82) is 0 Å². The Morgan fingerprint density at radius 2 is 2.00 bits per heavy atom. The van der Waals surface area contributed by atoms with Gasteiger partial charge in [0, 0.05) is 5.69 Å². The smallest absolute Gasteiger partial charge is 0.262 e. The number of carbonyl (C=O) groups is 1. The van der Waals surface area contributed by atoms with Gasteiger partial charge in [0.2, 0.25) is 5.91 Å². The number of aromatic nitrogens is 4. The van der Waals surface area contributed by atoms with Gasteiger partial charge in [0.15, 0.2) is 10.8 Å². The van der Waals surface area contributed by atoms with Gasteiger partial charge < -0.3 is 10.3 Å². The topological polar surface area (TPSA) is 92.7 Å². The molecular weight excluding hydrogens is 386 g/mol. The predicted octanol–water partition coefficient (Wildman–Crippen LogP) is 3.46. The summed E-state index contributed by atoms with van der Waals surface area (Å²) >= 11 is 1.17. The van der Waals surface area contributed by atoms with Crippen molar-refractivity contribution in [3.63, 3.8) is 0 Å². The summed E-state index contributed by atoms with van der Waals surface area (Å²) in [6.45, 7) is 3.92. The van der Waals surface area contributed by atoms with Crippen molar-refractivity contribution in [3.05, 3.63) is 76.2 Å². The lowest BCUT2D eigenvalue weighted by Gasteiger charge is -2.08. The number of fused-ring (bicyclic) bond motifs is 1. The third-order valence-electron chi connectivity index (χ3n) is 4.42. The molecule has 8 heteroatoms. The number of aryl methyl sites for hydroxylation is 2. The summed E-state index contributed by atoms with van der Waals surface area (Å²) in [6, 6.07) is 15.4. The van der Waals surface area contributed by atoms with Gasteiger partial charge in [0.05, 0.1) is 17.6 Å². The number of H-pyrrole nitrogens is 1. The summed E-state index contributed by atoms with van der Waals surface area (Å²) in [5.74, 6) is -0.0410. The van der Waals surface area contributed by atoms with Gasteiger partial charge in [-0.1, -0.05) is 42.1 Å². The van der Waals surface area contributed by atoms with Crippen LogP contribution in [0.4, 0.5) is 5.69 Å². The van der Waals surface area contributed by atoms with E-state index in [1.807, 2.05) is 62.4 Å². The zero-order valence-electron chi connectivity index (χ0n) is 16.0. The average Bonchev–Trinajstić information content (AvgIpc) is 3.13. The first-order chi connectivity index (χ1) is 14.0. The van der Waals surface area contributed by atoms with E-state index >= 15 is 0 Å². The van der Waals surface area contributed by atoms with Crippen molar-refractivity contribution < 1.29 is 4.79 Å². The lowest BCUT2D eigenvalue weighted by molar-refractivity contribution is -0.113. The van der Waals surface area contributed by atoms with Gasteiger partial charge in [0.1, 0.15) is 5.39 Å². The van der Waals surface area contributed by atoms with Crippen molar-refractivity contribution in [2.24, 2.45) is 0 Å². The van der Waals surface area contributed by atoms with E-state index in [9.17, 15) is 9.59 Å². The molecule has 0 saturated heterocycles. The number of para-hydroxylation sites is 1. The maximum Gasteiger partial charge on any atom is 0.262 e. The zero-order chi connectivity index (χ0) is 20.4. The van der Waals surface area contributed by atoms with E-state index in [0.717, 1.165) is 22.5 Å². The molecule has 0 aliphatic carbocycles. The van der Waals surface area contributed by atoms with Gasteiger partial charge in [0.25, 0.3) is 5.56 Å². The Labute approximate surface area is 171 Å². The van der Waals surface area contributed by atoms with E-state index in [-0.39, 0.29) is 17.2 Å². The van der Waals surface area contributed by atoms with E-state index in [1.54, 1.807) is 4.68 Å². The first kappa shape index (κ1) is 18.9. The van der Waals surface area contributed by atoms with Gasteiger partial charge in [-0.2, -0.15) is 5.10 Å². The molecule has 2 aromatic heterocycles. The van der Waals surface area contributed by atoms with Gasteiger partial charge in [-0.15, -0.1) is 0 Å². The Bertz CT molecular complexity index is 1260. The normalized spacial score (nSPS) is 11.0. The maximum atomic E-state index is 12.4. The second kappa shape index (κ2) is 7.92. The monoisotopic (exact) mass is 405 g/mol. The average molecular weight is 405 g/mol. The summed E-state index contributed by atoms with van der Waals surface area (Å²) in [7, 11) is 0. The predicted molar refractivity (Wildman–Crippen MR) is 115 cm³/mol. The lowest BCUT2D eigenvalue weighted by atomic mass is 10.2. The van der Waals surface area contributed by atoms with E-state index in [4.69, 9.17) is 0 Å². The summed E-state index contributed by atoms with van der Waals surface area (Å²) < 4.78 is 1.63. The molecule has 146 valence electrons. The second-order valence-electron chi connectivity index (χ2n) is 6.66. The summed E-state index contributed by atoms with van der Waals surface area (Å²) in [5.41, 5.74) is 3.84. The Kier molecular flexibility index (Phi) is 5.18. The van der Waals surface area contributed by atoms with Crippen molar-refractivity contribution in [1.82, 2.24) is 19.7 Å². The van der Waals surface area contributed by atoms with Crippen LogP contribution in [-0.4, -0.2) is 31.4 Å². The molecule has 0 fully saturated rings. The number of anilines is 1. The molecule has 0 aliphatic heterocycles. The van der Waals surface area contributed by atoms with Gasteiger partial charge in [-0.05, 0) is 43.2 Å². The van der Waals surface area contributed by atoms with Crippen LogP contribution in [0.3, 0.4) is 0 Å². The number of hydrogen-bond donors (Lipinski definition) is 2. The fraction of sp³-hybridized carbons (Fsp3) is 0.143. The second-order valence-corrected chi connectivity index (χ2v) is 7.62. The van der Waals surface area contributed by atoms with Crippen LogP contribution in [-0.2, 0) is 4.79 Å². The lowest BCUT2D eigenvalue weighted by Crippen LogP contribution is -2.16. The fourth-order valence-electron chi connectivity index (χ4n) is 2.95. The highest BCUT2D eigenvalue weighted by Gasteiger charge is 2.13. The van der Waals surface area contributed by atoms with E-state index in [1.165, 1.54) is 18.0 Å². The molecule has 2 N–H and O–H groups in total. The highest BCUT2D eigenvalue weighted by atomic mass is 32.2. The molecule has 1 amide bonds. The van der Waals surface area contributed by atoms with Crippen molar-refractivity contribution in [2.45, 2.75) is 19.0 Å². The molecule has 0 aliphatic rings. The number of amides is 1. The largest absolute Gasteiger partial charge is 0.325 e. The minimum atomic E-state index is -0.282. The van der Waals surface area contributed by atoms with Crippen LogP contribution in [0.1, 0.15) is 11.1 Å². The summed E-state index contributed by atoms with van der Waals surface area (Å²) in [5, 5.41) is 7.96. The molecule has 2 heterocycles. The Morgan fingerprint density at radius 3 is 2.79 bits per heavy atom. The molecule has 0 saturated carbocycles. The Hall–Kier alpha value is -3.39. The first-order valence-corrected chi connectivity index (χ1v) is 10.0. The molecule has 7 nitrogen and oxygen atoms in total. The van der Waals surface area contributed by atoms with E-state index in [2.05, 4.69) is 20.4 Å². The van der Waals surface area contributed by atoms with Crippen LogP contribution < -0.4 is 10.9 Å². The molecule has 4 rings (SSSR count). The van der Waals surface area contributed by atoms with Gasteiger partial charge >= 0.3 is 0 Å². The number of aromatic amines is 1. The highest BCUT2D eigenvalue weighted by molar-refractivity contribution is 7.99. The van der Waals surface area contributed by atoms with E-state index in [0.29, 0.717) is 16.2 Å². The number of nitrogens with one attached hydrogen (secondary N) is 2. The molecule has 4 aromatic rings. The van der Waals surface area contributed by atoms with Crippen LogP contribution in [0.5, 0.6) is 0 Å². The third-order valence-corrected chi connectivity index (χ3v) is 5.30. The Balaban J connectivity index is 1.57. The number of hydrogen-bond acceptors (Lipinski definition) is 5. The van der Waals surface area contributed by atoms with Crippen LogP contribution >= 0.6 is 11.8 Å². The first-order valence-electron chi connectivity index (χ1n) is 9.04. The minimum absolute atomic E-state index is 0.126. The summed E-state index contributed by atoms with van der Waals surface area (Å²) in [6.07, 6.45) is 1.50. The molecule has 2 aromatic carbocycles. The molecule has 0 atom stereocenters. The quantitative estimate of drug-likeness (QED) is 0.392. The molecule has 0 spiro atoms. The van der Waals surface area contributed by atoms with Crippen LogP contribution in [0.2, 0.25) is 0 Å². The Morgan fingerprint density at radius 1 is 1.17 bits per heavy atom. The number of thioether (sulfide) groups is 1. The number of rotatable bonds is 5. The summed E-state index contributed by atoms with van der Waals surface area (Å²) in [4.78, 5) is 32.0. The molecular formula is C21H19N5O2S. The number of nitrogens with zero attached hydrogens (tertiary/aromatic N) is 3. The van der Waals surface area contributed by atoms with Gasteiger partial charge in [-0.3, -0.25) is 9.59 Å². The number of carbonyl (C=O) groups excluding carboxylic acids is 1. The SMILES string of the molecule is Cc1cccc(-n2ncc3c(=O)[nH]c(SCC(=O)Nc4ccccc4C)nc32)c1. The van der Waals surface area contributed by atoms with Crippen LogP contribution in [0.25, 0.3) is 16.7 Å². The standard InChI is InChI=1S/C21H19N5O2S/c1-13-6-5-8-15(10-13)26-19-16(11-22-26)20(28)25-21(24-19)29-12-18(27)23-17-9-4-3-7-14(17)2/h3-11H,12H2,1-2H3,(H,23,27)(H,24,25,28). The fourth-order valence-corrected chi connectivity index (χ4v) is 3.60. The molecule has 0 unspecified atom stereocenters. The zero-order valence-corrected chi connectivity index (χ0v) is 16.8. The van der Waals surface area contributed by atoms with Gasteiger partial charge in [-0.25, -0.2) is 9.67 Å². The highest BCUT2D eigenvalue weighted by Crippen LogP contribution is 2.19. The van der Waals surface area contributed by atoms with Crippen molar-refractivity contribution >= 4 is 34.4 Å². The number of benzene rings is 2. The molecule has 0 radical (unpaired) electrons. The van der Waals surface area contributed by atoms with Crippen LogP contribution in [0.15, 0.2) is 64.7 Å². The van der Waals surface area contributed by atoms with Crippen molar-refractivity contribution in [3.8, 4) is 5.69 Å². The third kappa shape index (κ3) is 4.07. The maximum absolute atomic E-state index is 12.4. The molecule has 29 heavy (non-hydrogen) atoms. The molecule has 0 bridgehead atoms. The minimum Gasteiger partial charge on any atom is -0.325 e. The van der Waals surface area contributed by atoms with Crippen LogP contribution in [0, 0.1) is 13.8 Å².